The van der Waals surface area contributed by atoms with Crippen molar-refractivity contribution >= 4 is 40.6 Å². The third kappa shape index (κ3) is 4.72. The summed E-state index contributed by atoms with van der Waals surface area (Å²) < 4.78 is 0. The molecule has 0 aliphatic heterocycles. The molecule has 0 aliphatic carbocycles. The van der Waals surface area contributed by atoms with Gasteiger partial charge in [0, 0.05) is 35.4 Å². The Bertz CT molecular complexity index is 1280. The maximum Gasteiger partial charge on any atom is 0.271 e. The van der Waals surface area contributed by atoms with Gasteiger partial charge in [-0.25, -0.2) is 0 Å². The zero-order chi connectivity index (χ0) is 22.5. The van der Waals surface area contributed by atoms with Gasteiger partial charge in [0.15, 0.2) is 0 Å². The average molecular weight is 439 g/mol. The smallest absolute Gasteiger partial charge is 0.271 e. The highest BCUT2D eigenvalue weighted by molar-refractivity contribution is 6.34. The third-order valence-corrected chi connectivity index (χ3v) is 4.40. The monoisotopic (exact) mass is 438 g/mol. The zero-order valence-electron chi connectivity index (χ0n) is 15.4. The van der Waals surface area contributed by atoms with E-state index in [1.54, 1.807) is 12.1 Å². The number of nitrogens with zero attached hydrogens (tertiary/aromatic N) is 4. The van der Waals surface area contributed by atoms with Crippen molar-refractivity contribution in [3.63, 3.8) is 0 Å². The number of halogens is 1. The minimum absolute atomic E-state index is 0.0690. The molecule has 154 valence electrons. The molecule has 1 amide bonds. The molecule has 12 heteroatoms. The van der Waals surface area contributed by atoms with E-state index in [1.165, 1.54) is 36.5 Å². The minimum Gasteiger partial charge on any atom is -0.320 e. The number of anilines is 1. The molecule has 0 radical (unpaired) electrons. The van der Waals surface area contributed by atoms with Gasteiger partial charge in [-0.3, -0.25) is 30.1 Å². The summed E-state index contributed by atoms with van der Waals surface area (Å²) in [6.07, 6.45) is 2.62. The van der Waals surface area contributed by atoms with Crippen molar-refractivity contribution in [1.29, 1.82) is 5.26 Å². The summed E-state index contributed by atoms with van der Waals surface area (Å²) in [7, 11) is 0. The Morgan fingerprint density at radius 3 is 2.52 bits per heavy atom. The summed E-state index contributed by atoms with van der Waals surface area (Å²) in [5.41, 5.74) is 0.563. The molecule has 11 nitrogen and oxygen atoms in total. The van der Waals surface area contributed by atoms with Gasteiger partial charge in [0.1, 0.15) is 11.6 Å². The lowest BCUT2D eigenvalue weighted by Crippen LogP contribution is -2.13. The zero-order valence-corrected chi connectivity index (χ0v) is 16.2. The topological polar surface area (TPSA) is 168 Å². The first-order valence-corrected chi connectivity index (χ1v) is 8.83. The van der Waals surface area contributed by atoms with Crippen molar-refractivity contribution in [1.82, 2.24) is 10.2 Å². The van der Waals surface area contributed by atoms with Crippen molar-refractivity contribution in [3.8, 4) is 17.3 Å². The first-order valence-electron chi connectivity index (χ1n) is 8.45. The van der Waals surface area contributed by atoms with Crippen LogP contribution in [0.3, 0.4) is 0 Å². The number of benzene rings is 2. The van der Waals surface area contributed by atoms with Gasteiger partial charge < -0.3 is 5.32 Å². The molecule has 3 rings (SSSR count). The van der Waals surface area contributed by atoms with E-state index in [0.29, 0.717) is 16.8 Å². The molecular weight excluding hydrogens is 428 g/mol. The van der Waals surface area contributed by atoms with Crippen LogP contribution < -0.4 is 5.32 Å². The molecule has 31 heavy (non-hydrogen) atoms. The highest BCUT2D eigenvalue weighted by Gasteiger charge is 2.17. The SMILES string of the molecule is N#CC(=Cc1cn[nH]c1-c1cccc([N+](=O)[O-])c1)C(=O)Nc1ccc([N+](=O)[O-])cc1Cl. The van der Waals surface area contributed by atoms with Crippen LogP contribution in [0.2, 0.25) is 5.02 Å². The summed E-state index contributed by atoms with van der Waals surface area (Å²) in [6, 6.07) is 11.0. The van der Waals surface area contributed by atoms with Crippen molar-refractivity contribution < 1.29 is 14.6 Å². The maximum absolute atomic E-state index is 12.5. The number of aromatic nitrogens is 2. The molecule has 0 bridgehead atoms. The van der Waals surface area contributed by atoms with Gasteiger partial charge in [-0.05, 0) is 12.1 Å². The molecule has 2 aromatic carbocycles. The highest BCUT2D eigenvalue weighted by atomic mass is 35.5. The number of carbonyl (C=O) groups excluding carboxylic acids is 1. The van der Waals surface area contributed by atoms with Crippen LogP contribution in [0.25, 0.3) is 17.3 Å². The number of aromatic amines is 1. The van der Waals surface area contributed by atoms with Crippen LogP contribution in [0.15, 0.2) is 54.2 Å². The van der Waals surface area contributed by atoms with E-state index in [1.807, 2.05) is 0 Å². The van der Waals surface area contributed by atoms with Crippen LogP contribution in [-0.4, -0.2) is 26.0 Å². The van der Waals surface area contributed by atoms with E-state index in [4.69, 9.17) is 11.6 Å². The van der Waals surface area contributed by atoms with Gasteiger partial charge in [0.05, 0.1) is 32.4 Å². The van der Waals surface area contributed by atoms with E-state index in [2.05, 4.69) is 15.5 Å². The molecular formula is C19H11ClN6O5. The molecule has 1 heterocycles. The van der Waals surface area contributed by atoms with Gasteiger partial charge in [-0.2, -0.15) is 10.4 Å². The van der Waals surface area contributed by atoms with E-state index >= 15 is 0 Å². The number of nitrogens with one attached hydrogen (secondary N) is 2. The first-order chi connectivity index (χ1) is 14.8. The van der Waals surface area contributed by atoms with Crippen LogP contribution in [-0.2, 0) is 4.79 Å². The minimum atomic E-state index is -0.801. The van der Waals surface area contributed by atoms with Gasteiger partial charge >= 0.3 is 0 Å². The van der Waals surface area contributed by atoms with Crippen LogP contribution in [0.4, 0.5) is 17.1 Å². The lowest BCUT2D eigenvalue weighted by atomic mass is 10.1. The van der Waals surface area contributed by atoms with Crippen LogP contribution in [0.5, 0.6) is 0 Å². The van der Waals surface area contributed by atoms with Crippen molar-refractivity contribution in [2.75, 3.05) is 5.32 Å². The predicted molar refractivity (Wildman–Crippen MR) is 111 cm³/mol. The van der Waals surface area contributed by atoms with Crippen molar-refractivity contribution in [3.05, 3.63) is 85.0 Å². The van der Waals surface area contributed by atoms with Crippen molar-refractivity contribution in [2.45, 2.75) is 0 Å². The molecule has 0 fully saturated rings. The average Bonchev–Trinajstić information content (AvgIpc) is 3.21. The Kier molecular flexibility index (Phi) is 6.04. The van der Waals surface area contributed by atoms with E-state index in [-0.39, 0.29) is 27.7 Å². The predicted octanol–water partition coefficient (Wildman–Crippen LogP) is 4.09. The number of H-pyrrole nitrogens is 1. The molecule has 1 aromatic heterocycles. The Balaban J connectivity index is 1.90. The molecule has 2 N–H and O–H groups in total. The van der Waals surface area contributed by atoms with Gasteiger partial charge in [0.25, 0.3) is 17.3 Å². The van der Waals surface area contributed by atoms with Crippen LogP contribution in [0, 0.1) is 31.6 Å². The van der Waals surface area contributed by atoms with Crippen LogP contribution in [0.1, 0.15) is 5.56 Å². The summed E-state index contributed by atoms with van der Waals surface area (Å²) in [5.74, 6) is -0.801. The third-order valence-electron chi connectivity index (χ3n) is 4.09. The molecule has 0 unspecified atom stereocenters. The fourth-order valence-corrected chi connectivity index (χ4v) is 2.85. The number of nitro groups is 2. The number of carbonyl (C=O) groups is 1. The number of nitriles is 1. The fourth-order valence-electron chi connectivity index (χ4n) is 2.62. The fraction of sp³-hybridized carbons (Fsp3) is 0. The van der Waals surface area contributed by atoms with E-state index in [0.717, 1.165) is 12.1 Å². The molecule has 0 saturated carbocycles. The number of rotatable bonds is 6. The standard InChI is InChI=1S/C19H11ClN6O5/c20-16-8-15(26(30)31)4-5-17(16)23-19(27)12(9-21)6-13-10-22-24-18(13)11-2-1-3-14(7-11)25(28)29/h1-8,10H,(H,22,24)(H,23,27). The summed E-state index contributed by atoms with van der Waals surface area (Å²) in [5, 5.41) is 40.1. The Labute approximate surface area is 178 Å². The van der Waals surface area contributed by atoms with E-state index in [9.17, 15) is 30.3 Å². The second-order valence-corrected chi connectivity index (χ2v) is 6.46. The second-order valence-electron chi connectivity index (χ2n) is 6.05. The quantitative estimate of drug-likeness (QED) is 0.252. The molecule has 0 saturated heterocycles. The number of amides is 1. The number of nitro benzene ring substituents is 2. The molecule has 0 aliphatic rings. The Morgan fingerprint density at radius 2 is 1.87 bits per heavy atom. The number of non-ortho nitro benzene ring substituents is 2. The molecule has 3 aromatic rings. The maximum atomic E-state index is 12.5. The van der Waals surface area contributed by atoms with Gasteiger partial charge in [-0.15, -0.1) is 0 Å². The molecule has 0 spiro atoms. The van der Waals surface area contributed by atoms with Crippen molar-refractivity contribution in [2.24, 2.45) is 0 Å². The lowest BCUT2D eigenvalue weighted by molar-refractivity contribution is -0.385. The first kappa shape index (κ1) is 21.2. The Morgan fingerprint density at radius 1 is 1.16 bits per heavy atom. The highest BCUT2D eigenvalue weighted by Crippen LogP contribution is 2.28. The summed E-state index contributed by atoms with van der Waals surface area (Å²) in [6.45, 7) is 0. The number of hydrogen-bond acceptors (Lipinski definition) is 7. The summed E-state index contributed by atoms with van der Waals surface area (Å²) >= 11 is 5.96. The van der Waals surface area contributed by atoms with Gasteiger partial charge in [-0.1, -0.05) is 23.7 Å². The Hall–Kier alpha value is -4.56. The number of hydrogen-bond donors (Lipinski definition) is 2. The lowest BCUT2D eigenvalue weighted by Gasteiger charge is -2.06. The normalized spacial score (nSPS) is 10.9. The second kappa shape index (κ2) is 8.85. The van der Waals surface area contributed by atoms with E-state index < -0.39 is 15.8 Å². The molecule has 0 atom stereocenters. The largest absolute Gasteiger partial charge is 0.320 e. The van der Waals surface area contributed by atoms with Gasteiger partial charge in [0.2, 0.25) is 0 Å². The summed E-state index contributed by atoms with van der Waals surface area (Å²) in [4.78, 5) is 33.1. The van der Waals surface area contributed by atoms with Crippen LogP contribution >= 0.6 is 11.6 Å².